The van der Waals surface area contributed by atoms with Gasteiger partial charge in [-0.3, -0.25) is 14.7 Å². The molecule has 2 atom stereocenters. The molecule has 1 fully saturated rings. The molecule has 204 valence electrons. The Balaban J connectivity index is 1.15. The van der Waals surface area contributed by atoms with Crippen molar-refractivity contribution in [2.45, 2.75) is 71.5 Å². The van der Waals surface area contributed by atoms with Crippen molar-refractivity contribution in [3.8, 4) is 11.3 Å². The monoisotopic (exact) mass is 525 g/mol. The Morgan fingerprint density at radius 3 is 2.74 bits per heavy atom. The minimum absolute atomic E-state index is 0.0317. The van der Waals surface area contributed by atoms with Crippen molar-refractivity contribution < 1.29 is 9.59 Å². The van der Waals surface area contributed by atoms with Gasteiger partial charge in [-0.2, -0.15) is 5.10 Å². The molecule has 3 aliphatic rings. The van der Waals surface area contributed by atoms with Gasteiger partial charge in [-0.05, 0) is 93.4 Å². The number of hydrogen-bond acceptors (Lipinski definition) is 4. The number of piperidine rings is 1. The zero-order valence-electron chi connectivity index (χ0n) is 23.5. The zero-order chi connectivity index (χ0) is 27.3. The van der Waals surface area contributed by atoms with Crippen molar-refractivity contribution in [1.82, 2.24) is 25.3 Å². The topological polar surface area (TPSA) is 81.3 Å². The minimum atomic E-state index is -0.0992. The number of aromatic nitrogens is 2. The van der Waals surface area contributed by atoms with Crippen LogP contribution in [-0.2, 0) is 19.4 Å². The highest BCUT2D eigenvalue weighted by molar-refractivity contribution is 5.99. The molecule has 2 N–H and O–H groups in total. The van der Waals surface area contributed by atoms with Crippen LogP contribution in [0.2, 0.25) is 0 Å². The number of nitrogens with zero attached hydrogens (tertiary/aromatic N) is 3. The second kappa shape index (κ2) is 9.94. The van der Waals surface area contributed by atoms with Gasteiger partial charge in [0.25, 0.3) is 11.8 Å². The van der Waals surface area contributed by atoms with Crippen LogP contribution in [-0.4, -0.2) is 58.0 Å². The Kier molecular flexibility index (Phi) is 6.58. The predicted molar refractivity (Wildman–Crippen MR) is 153 cm³/mol. The summed E-state index contributed by atoms with van der Waals surface area (Å²) >= 11 is 0. The highest BCUT2D eigenvalue weighted by Gasteiger charge is 2.33. The Labute approximate surface area is 231 Å². The normalized spacial score (nSPS) is 21.4. The van der Waals surface area contributed by atoms with E-state index in [1.54, 1.807) is 0 Å². The Morgan fingerprint density at radius 2 is 1.97 bits per heavy atom. The molecule has 3 aromatic rings. The van der Waals surface area contributed by atoms with E-state index in [-0.39, 0.29) is 23.9 Å². The maximum Gasteiger partial charge on any atom is 0.255 e. The second-order valence-corrected chi connectivity index (χ2v) is 12.5. The largest absolute Gasteiger partial charge is 0.348 e. The molecule has 2 amide bonds. The van der Waals surface area contributed by atoms with E-state index in [1.807, 2.05) is 41.3 Å². The molecule has 7 heteroatoms. The maximum absolute atomic E-state index is 13.4. The molecule has 39 heavy (non-hydrogen) atoms. The number of carbonyl (C=O) groups is 2. The third kappa shape index (κ3) is 5.00. The highest BCUT2D eigenvalue weighted by atomic mass is 16.2. The molecule has 6 rings (SSSR count). The first kappa shape index (κ1) is 25.8. The van der Waals surface area contributed by atoms with Crippen molar-refractivity contribution >= 4 is 11.8 Å². The third-order valence-electron chi connectivity index (χ3n) is 8.95. The molecule has 2 aromatic carbocycles. The first-order valence-electron chi connectivity index (χ1n) is 14.3. The van der Waals surface area contributed by atoms with Gasteiger partial charge in [-0.1, -0.05) is 32.0 Å². The van der Waals surface area contributed by atoms with E-state index >= 15 is 0 Å². The fourth-order valence-corrected chi connectivity index (χ4v) is 6.54. The van der Waals surface area contributed by atoms with Crippen LogP contribution in [0.4, 0.5) is 0 Å². The molecule has 1 saturated heterocycles. The first-order valence-corrected chi connectivity index (χ1v) is 14.3. The van der Waals surface area contributed by atoms with Gasteiger partial charge in [0.15, 0.2) is 0 Å². The number of fused-ring (bicyclic) bond motifs is 2. The number of H-pyrrole nitrogens is 1. The van der Waals surface area contributed by atoms with Crippen molar-refractivity contribution in [3.63, 3.8) is 0 Å². The number of amides is 2. The lowest BCUT2D eigenvalue weighted by Gasteiger charge is -2.30. The molecule has 7 nitrogen and oxygen atoms in total. The summed E-state index contributed by atoms with van der Waals surface area (Å²) in [5, 5.41) is 11.1. The number of hydrogen-bond donors (Lipinski definition) is 2. The second-order valence-electron chi connectivity index (χ2n) is 12.5. The van der Waals surface area contributed by atoms with E-state index in [9.17, 15) is 9.59 Å². The molecule has 0 bridgehead atoms. The van der Waals surface area contributed by atoms with Crippen LogP contribution in [0, 0.1) is 5.41 Å². The standard InChI is InChI=1S/C32H39N5O2/c1-20(21-7-9-22(10-8-21)30(38)33-25-6-5-15-36(4)19-25)37-18-24-16-23(11-12-26(24)31(37)39)29-27-13-14-32(2,3)17-28(27)34-35-29/h7-12,16,20,25H,5-6,13-15,17-19H2,1-4H3,(H,33,38)(H,34,35)/t20-,25?/m1/s1. The molecule has 0 saturated carbocycles. The van der Waals surface area contributed by atoms with Crippen molar-refractivity contribution in [2.24, 2.45) is 5.41 Å². The van der Waals surface area contributed by atoms with Crippen LogP contribution in [0.1, 0.15) is 89.2 Å². The quantitative estimate of drug-likeness (QED) is 0.484. The van der Waals surface area contributed by atoms with Crippen molar-refractivity contribution in [2.75, 3.05) is 20.1 Å². The van der Waals surface area contributed by atoms with E-state index in [0.717, 1.165) is 73.1 Å². The summed E-state index contributed by atoms with van der Waals surface area (Å²) in [5.74, 6) is 0.0221. The summed E-state index contributed by atoms with van der Waals surface area (Å²) in [6, 6.07) is 14.0. The molecule has 1 unspecified atom stereocenters. The average Bonchev–Trinajstić information content (AvgIpc) is 3.47. The zero-order valence-corrected chi connectivity index (χ0v) is 23.5. The number of nitrogens with one attached hydrogen (secondary N) is 2. The van der Waals surface area contributed by atoms with E-state index in [4.69, 9.17) is 0 Å². The summed E-state index contributed by atoms with van der Waals surface area (Å²) < 4.78 is 0. The average molecular weight is 526 g/mol. The Hall–Kier alpha value is -3.45. The minimum Gasteiger partial charge on any atom is -0.348 e. The predicted octanol–water partition coefficient (Wildman–Crippen LogP) is 5.13. The molecular formula is C32H39N5O2. The molecule has 0 spiro atoms. The molecule has 2 aliphatic heterocycles. The lowest BCUT2D eigenvalue weighted by atomic mass is 9.76. The fourth-order valence-electron chi connectivity index (χ4n) is 6.54. The van der Waals surface area contributed by atoms with Crippen molar-refractivity contribution in [1.29, 1.82) is 0 Å². The van der Waals surface area contributed by atoms with Crippen LogP contribution in [0.15, 0.2) is 42.5 Å². The van der Waals surface area contributed by atoms with Crippen LogP contribution in [0.25, 0.3) is 11.3 Å². The Morgan fingerprint density at radius 1 is 1.18 bits per heavy atom. The summed E-state index contributed by atoms with van der Waals surface area (Å²) in [5.41, 5.74) is 8.46. The molecule has 3 heterocycles. The van der Waals surface area contributed by atoms with Gasteiger partial charge in [0.1, 0.15) is 0 Å². The van der Waals surface area contributed by atoms with Gasteiger partial charge in [-0.15, -0.1) is 0 Å². The van der Waals surface area contributed by atoms with Gasteiger partial charge >= 0.3 is 0 Å². The highest BCUT2D eigenvalue weighted by Crippen LogP contribution is 2.39. The number of likely N-dealkylation sites (tertiary alicyclic amines) is 1. The van der Waals surface area contributed by atoms with Gasteiger partial charge in [0, 0.05) is 47.1 Å². The SMILES string of the molecule is C[C@H](c1ccc(C(=O)NC2CCCN(C)C2)cc1)N1Cc2cc(-c3n[nH]c4c3CCC(C)(C)C4)ccc2C1=O. The lowest BCUT2D eigenvalue weighted by molar-refractivity contribution is 0.0715. The summed E-state index contributed by atoms with van der Waals surface area (Å²) in [6.07, 6.45) is 5.32. The van der Waals surface area contributed by atoms with E-state index in [2.05, 4.69) is 54.3 Å². The summed E-state index contributed by atoms with van der Waals surface area (Å²) in [6.45, 7) is 9.23. The number of aromatic amines is 1. The number of likely N-dealkylation sites (N-methyl/N-ethyl adjacent to an activating group) is 1. The lowest BCUT2D eigenvalue weighted by Crippen LogP contribution is -2.46. The molecule has 1 aromatic heterocycles. The van der Waals surface area contributed by atoms with Crippen LogP contribution in [0.3, 0.4) is 0 Å². The van der Waals surface area contributed by atoms with Crippen LogP contribution in [0.5, 0.6) is 0 Å². The third-order valence-corrected chi connectivity index (χ3v) is 8.95. The van der Waals surface area contributed by atoms with E-state index in [0.29, 0.717) is 17.5 Å². The van der Waals surface area contributed by atoms with Gasteiger partial charge in [0.05, 0.1) is 11.7 Å². The van der Waals surface area contributed by atoms with Gasteiger partial charge < -0.3 is 15.1 Å². The first-order chi connectivity index (χ1) is 18.7. The molecule has 0 radical (unpaired) electrons. The van der Waals surface area contributed by atoms with Crippen LogP contribution >= 0.6 is 0 Å². The smallest absolute Gasteiger partial charge is 0.255 e. The maximum atomic E-state index is 13.4. The van der Waals surface area contributed by atoms with E-state index < -0.39 is 0 Å². The number of rotatable bonds is 5. The van der Waals surface area contributed by atoms with E-state index in [1.165, 1.54) is 11.3 Å². The van der Waals surface area contributed by atoms with Crippen LogP contribution < -0.4 is 5.32 Å². The number of benzene rings is 2. The fraction of sp³-hybridized carbons (Fsp3) is 0.469. The summed E-state index contributed by atoms with van der Waals surface area (Å²) in [4.78, 5) is 30.4. The van der Waals surface area contributed by atoms with Crippen molar-refractivity contribution in [3.05, 3.63) is 76.0 Å². The van der Waals surface area contributed by atoms with Gasteiger partial charge in [0.2, 0.25) is 0 Å². The molecular weight excluding hydrogens is 486 g/mol. The van der Waals surface area contributed by atoms with Gasteiger partial charge in [-0.25, -0.2) is 0 Å². The Bertz CT molecular complexity index is 1410. The molecule has 1 aliphatic carbocycles. The summed E-state index contributed by atoms with van der Waals surface area (Å²) in [7, 11) is 2.10. The number of carbonyl (C=O) groups excluding carboxylic acids is 2.